The molecule has 0 aliphatic heterocycles. The first kappa shape index (κ1) is 18.5. The van der Waals surface area contributed by atoms with Crippen LogP contribution in [0.5, 0.6) is 0 Å². The fourth-order valence-electron chi connectivity index (χ4n) is 3.60. The van der Waals surface area contributed by atoms with Crippen LogP contribution in [0.25, 0.3) is 0 Å². The molecule has 0 heterocycles. The van der Waals surface area contributed by atoms with Crippen molar-refractivity contribution in [1.29, 1.82) is 5.26 Å². The third-order valence-corrected chi connectivity index (χ3v) is 5.73. The Hall–Kier alpha value is -0.590. The molecule has 0 bridgehead atoms. The van der Waals surface area contributed by atoms with E-state index in [-0.39, 0.29) is 5.92 Å². The quantitative estimate of drug-likeness (QED) is 0.692. The summed E-state index contributed by atoms with van der Waals surface area (Å²) in [7, 11) is 2.18. The van der Waals surface area contributed by atoms with Crippen LogP contribution in [0.4, 0.5) is 0 Å². The summed E-state index contributed by atoms with van der Waals surface area (Å²) in [6, 6.07) is 2.96. The van der Waals surface area contributed by atoms with E-state index in [1.54, 1.807) is 0 Å². The van der Waals surface area contributed by atoms with Crippen LogP contribution in [0.1, 0.15) is 65.7 Å². The van der Waals surface area contributed by atoms with E-state index >= 15 is 0 Å². The largest absolute Gasteiger partial charge is 0.396 e. The number of nitrogens with zero attached hydrogens (tertiary/aromatic N) is 2. The van der Waals surface area contributed by atoms with E-state index < -0.39 is 0 Å². The molecule has 122 valence electrons. The molecule has 0 aromatic heterocycles. The van der Waals surface area contributed by atoms with E-state index in [9.17, 15) is 5.26 Å². The van der Waals surface area contributed by atoms with Gasteiger partial charge in [-0.3, -0.25) is 0 Å². The number of unbranched alkanes of at least 4 members (excludes halogenated alkanes) is 2. The van der Waals surface area contributed by atoms with E-state index in [4.69, 9.17) is 5.11 Å². The lowest BCUT2D eigenvalue weighted by atomic mass is 9.66. The van der Waals surface area contributed by atoms with Crippen molar-refractivity contribution in [3.05, 3.63) is 0 Å². The Balaban J connectivity index is 2.60. The Labute approximate surface area is 131 Å². The van der Waals surface area contributed by atoms with Crippen LogP contribution in [0.2, 0.25) is 0 Å². The minimum atomic E-state index is 0.191. The van der Waals surface area contributed by atoms with Crippen molar-refractivity contribution in [2.24, 2.45) is 17.3 Å². The molecule has 3 atom stereocenters. The normalized spacial score (nSPS) is 26.8. The molecule has 21 heavy (non-hydrogen) atoms. The van der Waals surface area contributed by atoms with Crippen LogP contribution in [-0.2, 0) is 0 Å². The molecule has 3 nitrogen and oxygen atoms in total. The first-order valence-corrected chi connectivity index (χ1v) is 8.67. The van der Waals surface area contributed by atoms with Gasteiger partial charge in [0.2, 0.25) is 0 Å². The smallest absolute Gasteiger partial charge is 0.0672 e. The summed E-state index contributed by atoms with van der Waals surface area (Å²) < 4.78 is 0. The fourth-order valence-corrected chi connectivity index (χ4v) is 3.60. The van der Waals surface area contributed by atoms with Crippen molar-refractivity contribution < 1.29 is 5.11 Å². The monoisotopic (exact) mass is 294 g/mol. The van der Waals surface area contributed by atoms with Gasteiger partial charge >= 0.3 is 0 Å². The molecule has 0 saturated heterocycles. The molecule has 0 radical (unpaired) electrons. The molecular weight excluding hydrogens is 260 g/mol. The predicted octanol–water partition coefficient (Wildman–Crippen LogP) is 3.83. The van der Waals surface area contributed by atoms with Gasteiger partial charge in [0.1, 0.15) is 0 Å². The maximum atomic E-state index is 9.46. The second kappa shape index (κ2) is 8.76. The highest BCUT2D eigenvalue weighted by atomic mass is 16.2. The highest BCUT2D eigenvalue weighted by Crippen LogP contribution is 2.43. The average molecular weight is 294 g/mol. The third-order valence-electron chi connectivity index (χ3n) is 5.73. The van der Waals surface area contributed by atoms with Crippen molar-refractivity contribution in [3.63, 3.8) is 0 Å². The van der Waals surface area contributed by atoms with Crippen LogP contribution in [0, 0.1) is 28.6 Å². The second-order valence-electron chi connectivity index (χ2n) is 7.42. The summed E-state index contributed by atoms with van der Waals surface area (Å²) in [6.07, 6.45) is 7.72. The minimum Gasteiger partial charge on any atom is -0.396 e. The molecule has 0 aromatic carbocycles. The standard InChI is InChI=1S/C18H34N2O/c1-5-18(2,3)16-10-9-15(14-19)17(13-16)20(4)11-7-6-8-12-21/h15-17,21H,5-13H2,1-4H3. The predicted molar refractivity (Wildman–Crippen MR) is 87.9 cm³/mol. The summed E-state index contributed by atoms with van der Waals surface area (Å²) in [5.41, 5.74) is 0.385. The van der Waals surface area contributed by atoms with Crippen molar-refractivity contribution in [3.8, 4) is 6.07 Å². The lowest BCUT2D eigenvalue weighted by molar-refractivity contribution is 0.0636. The number of nitriles is 1. The van der Waals surface area contributed by atoms with E-state index in [1.807, 2.05) is 0 Å². The Morgan fingerprint density at radius 2 is 1.95 bits per heavy atom. The molecule has 1 fully saturated rings. The second-order valence-corrected chi connectivity index (χ2v) is 7.42. The third kappa shape index (κ3) is 5.27. The van der Waals surface area contributed by atoms with Crippen LogP contribution < -0.4 is 0 Å². The molecule has 3 heteroatoms. The molecule has 1 N–H and O–H groups in total. The number of aliphatic hydroxyl groups excluding tert-OH is 1. The summed E-state index contributed by atoms with van der Waals surface area (Å²) in [5, 5.41) is 18.3. The lowest BCUT2D eigenvalue weighted by Gasteiger charge is -2.44. The summed E-state index contributed by atoms with van der Waals surface area (Å²) >= 11 is 0. The molecule has 1 saturated carbocycles. The molecule has 0 spiro atoms. The van der Waals surface area contributed by atoms with Crippen molar-refractivity contribution in [2.75, 3.05) is 20.2 Å². The molecule has 0 aromatic rings. The Bertz CT molecular complexity index is 335. The van der Waals surface area contributed by atoms with Crippen LogP contribution in [0.3, 0.4) is 0 Å². The van der Waals surface area contributed by atoms with Gasteiger partial charge in [-0.2, -0.15) is 5.26 Å². The molecule has 1 aliphatic rings. The zero-order valence-electron chi connectivity index (χ0n) is 14.4. The first-order valence-electron chi connectivity index (χ1n) is 8.67. The zero-order valence-corrected chi connectivity index (χ0v) is 14.4. The highest BCUT2D eigenvalue weighted by molar-refractivity contribution is 4.99. The van der Waals surface area contributed by atoms with Gasteiger partial charge in [0.25, 0.3) is 0 Å². The number of hydrogen-bond donors (Lipinski definition) is 1. The maximum absolute atomic E-state index is 9.46. The molecule has 0 amide bonds. The van der Waals surface area contributed by atoms with E-state index in [0.717, 1.165) is 44.6 Å². The fraction of sp³-hybridized carbons (Fsp3) is 0.944. The van der Waals surface area contributed by atoms with Crippen LogP contribution in [-0.4, -0.2) is 36.2 Å². The van der Waals surface area contributed by atoms with Gasteiger partial charge in [-0.05, 0) is 63.5 Å². The van der Waals surface area contributed by atoms with Gasteiger partial charge in [-0.1, -0.05) is 27.2 Å². The van der Waals surface area contributed by atoms with Crippen LogP contribution >= 0.6 is 0 Å². The SMILES string of the molecule is CCC(C)(C)C1CCC(C#N)C(N(C)CCCCCO)C1. The summed E-state index contributed by atoms with van der Waals surface area (Å²) in [6.45, 7) is 8.37. The topological polar surface area (TPSA) is 47.3 Å². The van der Waals surface area contributed by atoms with Gasteiger partial charge in [0, 0.05) is 12.6 Å². The van der Waals surface area contributed by atoms with Gasteiger partial charge in [-0.25, -0.2) is 0 Å². The van der Waals surface area contributed by atoms with E-state index in [2.05, 4.69) is 38.8 Å². The number of aliphatic hydroxyl groups is 1. The van der Waals surface area contributed by atoms with E-state index in [0.29, 0.717) is 18.1 Å². The molecule has 1 aliphatic carbocycles. The zero-order chi connectivity index (χ0) is 15.9. The van der Waals surface area contributed by atoms with Crippen molar-refractivity contribution in [2.45, 2.75) is 71.8 Å². The van der Waals surface area contributed by atoms with Crippen molar-refractivity contribution >= 4 is 0 Å². The Morgan fingerprint density at radius 1 is 1.24 bits per heavy atom. The van der Waals surface area contributed by atoms with Crippen molar-refractivity contribution in [1.82, 2.24) is 4.90 Å². The van der Waals surface area contributed by atoms with Gasteiger partial charge < -0.3 is 10.0 Å². The molecule has 1 rings (SSSR count). The Morgan fingerprint density at radius 3 is 2.52 bits per heavy atom. The maximum Gasteiger partial charge on any atom is 0.0672 e. The number of rotatable bonds is 8. The average Bonchev–Trinajstić information content (AvgIpc) is 2.50. The molecular formula is C18H34N2O. The Kier molecular flexibility index (Phi) is 7.70. The summed E-state index contributed by atoms with van der Waals surface area (Å²) in [5.74, 6) is 0.925. The van der Waals surface area contributed by atoms with E-state index in [1.165, 1.54) is 12.8 Å². The summed E-state index contributed by atoms with van der Waals surface area (Å²) in [4.78, 5) is 2.41. The lowest BCUT2D eigenvalue weighted by Crippen LogP contribution is -2.45. The number of hydrogen-bond acceptors (Lipinski definition) is 3. The highest BCUT2D eigenvalue weighted by Gasteiger charge is 2.38. The first-order chi connectivity index (χ1) is 9.96. The van der Waals surface area contributed by atoms with Gasteiger partial charge in [0.05, 0.1) is 12.0 Å². The van der Waals surface area contributed by atoms with Gasteiger partial charge in [0.15, 0.2) is 0 Å². The van der Waals surface area contributed by atoms with Gasteiger partial charge in [-0.15, -0.1) is 0 Å². The minimum absolute atomic E-state index is 0.191. The molecule has 3 unspecified atom stereocenters. The van der Waals surface area contributed by atoms with Crippen LogP contribution in [0.15, 0.2) is 0 Å².